The van der Waals surface area contributed by atoms with Crippen molar-refractivity contribution in [3.05, 3.63) is 0 Å². The average molecular weight is 169 g/mol. The molecular formula is C11H23N. The van der Waals surface area contributed by atoms with E-state index in [0.717, 1.165) is 17.9 Å². The first-order valence-corrected chi connectivity index (χ1v) is 5.29. The van der Waals surface area contributed by atoms with E-state index in [2.05, 4.69) is 32.8 Å². The first-order chi connectivity index (χ1) is 5.63. The highest BCUT2D eigenvalue weighted by Gasteiger charge is 2.28. The molecule has 72 valence electrons. The Kier molecular flexibility index (Phi) is 3.57. The maximum absolute atomic E-state index is 2.42. The molecule has 1 aliphatic carbocycles. The van der Waals surface area contributed by atoms with Crippen molar-refractivity contribution in [2.75, 3.05) is 14.1 Å². The molecule has 1 nitrogen and oxygen atoms in total. The van der Waals surface area contributed by atoms with E-state index in [-0.39, 0.29) is 0 Å². The van der Waals surface area contributed by atoms with Crippen LogP contribution in [0.5, 0.6) is 0 Å². The minimum absolute atomic E-state index is 0.846. The predicted octanol–water partition coefficient (Wildman–Crippen LogP) is 2.76. The van der Waals surface area contributed by atoms with E-state index in [1.54, 1.807) is 0 Å². The van der Waals surface area contributed by atoms with Crippen molar-refractivity contribution in [2.24, 2.45) is 11.8 Å². The summed E-state index contributed by atoms with van der Waals surface area (Å²) in [6, 6.07) is 0.846. The van der Waals surface area contributed by atoms with Gasteiger partial charge in [-0.25, -0.2) is 0 Å². The van der Waals surface area contributed by atoms with E-state index in [0.29, 0.717) is 0 Å². The monoisotopic (exact) mass is 169 g/mol. The second-order valence-corrected chi connectivity index (χ2v) is 4.72. The van der Waals surface area contributed by atoms with Crippen LogP contribution in [0.3, 0.4) is 0 Å². The molecule has 0 bridgehead atoms. The summed E-state index contributed by atoms with van der Waals surface area (Å²) in [5, 5.41) is 0. The fraction of sp³-hybridized carbons (Fsp3) is 1.00. The minimum Gasteiger partial charge on any atom is -0.306 e. The summed E-state index contributed by atoms with van der Waals surface area (Å²) < 4.78 is 0. The van der Waals surface area contributed by atoms with Gasteiger partial charge in [0.15, 0.2) is 0 Å². The van der Waals surface area contributed by atoms with Crippen molar-refractivity contribution in [1.29, 1.82) is 0 Å². The van der Waals surface area contributed by atoms with Gasteiger partial charge in [0.1, 0.15) is 0 Å². The minimum atomic E-state index is 0.846. The predicted molar refractivity (Wildman–Crippen MR) is 54.3 cm³/mol. The first kappa shape index (κ1) is 10.0. The molecule has 0 aliphatic heterocycles. The van der Waals surface area contributed by atoms with Crippen LogP contribution in [0.25, 0.3) is 0 Å². The van der Waals surface area contributed by atoms with Crippen LogP contribution in [-0.4, -0.2) is 25.0 Å². The Morgan fingerprint density at radius 1 is 1.08 bits per heavy atom. The molecule has 0 aromatic carbocycles. The lowest BCUT2D eigenvalue weighted by atomic mass is 9.77. The van der Waals surface area contributed by atoms with Crippen molar-refractivity contribution in [2.45, 2.75) is 45.6 Å². The van der Waals surface area contributed by atoms with Crippen LogP contribution in [0, 0.1) is 11.8 Å². The highest BCUT2D eigenvalue weighted by Crippen LogP contribution is 2.32. The molecule has 0 unspecified atom stereocenters. The molecule has 12 heavy (non-hydrogen) atoms. The lowest BCUT2D eigenvalue weighted by molar-refractivity contribution is 0.121. The van der Waals surface area contributed by atoms with Gasteiger partial charge in [-0.15, -0.1) is 0 Å². The maximum atomic E-state index is 2.42. The Labute approximate surface area is 77.1 Å². The van der Waals surface area contributed by atoms with Gasteiger partial charge in [0, 0.05) is 6.04 Å². The van der Waals surface area contributed by atoms with Crippen molar-refractivity contribution < 1.29 is 0 Å². The smallest absolute Gasteiger partial charge is 0.0120 e. The van der Waals surface area contributed by atoms with E-state index in [4.69, 9.17) is 0 Å². The highest BCUT2D eigenvalue weighted by atomic mass is 15.1. The van der Waals surface area contributed by atoms with E-state index >= 15 is 0 Å². The van der Waals surface area contributed by atoms with Gasteiger partial charge in [-0.3, -0.25) is 0 Å². The fourth-order valence-electron chi connectivity index (χ4n) is 2.56. The third-order valence-corrected chi connectivity index (χ3v) is 3.30. The lowest BCUT2D eigenvalue weighted by Crippen LogP contribution is -2.39. The van der Waals surface area contributed by atoms with E-state index in [1.165, 1.54) is 25.7 Å². The molecule has 0 amide bonds. The third kappa shape index (κ3) is 2.22. The Morgan fingerprint density at radius 2 is 1.67 bits per heavy atom. The molecule has 0 aromatic heterocycles. The molecule has 0 saturated heterocycles. The van der Waals surface area contributed by atoms with E-state index in [1.807, 2.05) is 0 Å². The molecule has 0 heterocycles. The van der Waals surface area contributed by atoms with Gasteiger partial charge in [-0.05, 0) is 38.8 Å². The highest BCUT2D eigenvalue weighted by molar-refractivity contribution is 4.82. The molecule has 0 N–H and O–H groups in total. The molecule has 1 fully saturated rings. The Bertz CT molecular complexity index is 113. The molecule has 1 rings (SSSR count). The first-order valence-electron chi connectivity index (χ1n) is 5.29. The summed E-state index contributed by atoms with van der Waals surface area (Å²) in [7, 11) is 4.46. The quantitative estimate of drug-likeness (QED) is 0.614. The van der Waals surface area contributed by atoms with Gasteiger partial charge in [0.05, 0.1) is 0 Å². The molecule has 1 heteroatoms. The van der Waals surface area contributed by atoms with Crippen molar-refractivity contribution in [3.8, 4) is 0 Å². The zero-order valence-corrected chi connectivity index (χ0v) is 9.01. The molecule has 0 spiro atoms. The zero-order chi connectivity index (χ0) is 9.14. The Hall–Kier alpha value is -0.0400. The molecule has 1 aliphatic rings. The van der Waals surface area contributed by atoms with Crippen LogP contribution in [0.15, 0.2) is 0 Å². The number of hydrogen-bond donors (Lipinski definition) is 0. The summed E-state index contributed by atoms with van der Waals surface area (Å²) in [6.07, 6.45) is 5.75. The largest absolute Gasteiger partial charge is 0.306 e. The van der Waals surface area contributed by atoms with Gasteiger partial charge in [-0.2, -0.15) is 0 Å². The van der Waals surface area contributed by atoms with Crippen molar-refractivity contribution >= 4 is 0 Å². The van der Waals surface area contributed by atoms with Crippen LogP contribution in [0.4, 0.5) is 0 Å². The summed E-state index contributed by atoms with van der Waals surface area (Å²) in [5.74, 6) is 1.80. The topological polar surface area (TPSA) is 3.24 Å². The van der Waals surface area contributed by atoms with Gasteiger partial charge in [0.2, 0.25) is 0 Å². The van der Waals surface area contributed by atoms with E-state index < -0.39 is 0 Å². The molecule has 1 saturated carbocycles. The van der Waals surface area contributed by atoms with Crippen LogP contribution >= 0.6 is 0 Å². The van der Waals surface area contributed by atoms with Gasteiger partial charge < -0.3 is 4.90 Å². The van der Waals surface area contributed by atoms with Crippen LogP contribution in [0.1, 0.15) is 39.5 Å². The molecule has 0 aromatic rings. The SMILES string of the molecule is CC(C)[C@H]1CCCC[C@@H]1N(C)C. The summed E-state index contributed by atoms with van der Waals surface area (Å²) >= 11 is 0. The molecular weight excluding hydrogens is 146 g/mol. The third-order valence-electron chi connectivity index (χ3n) is 3.30. The lowest BCUT2D eigenvalue weighted by Gasteiger charge is -2.38. The van der Waals surface area contributed by atoms with E-state index in [9.17, 15) is 0 Å². The Balaban J connectivity index is 2.54. The molecule has 0 radical (unpaired) electrons. The van der Waals surface area contributed by atoms with Crippen LogP contribution < -0.4 is 0 Å². The number of hydrogen-bond acceptors (Lipinski definition) is 1. The standard InChI is InChI=1S/C11H23N/c1-9(2)10-7-5-6-8-11(10)12(3)4/h9-11H,5-8H2,1-4H3/t10-,11+/m1/s1. The normalized spacial score (nSPS) is 31.5. The number of nitrogens with zero attached hydrogens (tertiary/aromatic N) is 1. The van der Waals surface area contributed by atoms with Crippen molar-refractivity contribution in [3.63, 3.8) is 0 Å². The van der Waals surface area contributed by atoms with Crippen LogP contribution in [0.2, 0.25) is 0 Å². The second kappa shape index (κ2) is 4.27. The van der Waals surface area contributed by atoms with Gasteiger partial charge in [-0.1, -0.05) is 26.7 Å². The maximum Gasteiger partial charge on any atom is 0.0120 e. The zero-order valence-electron chi connectivity index (χ0n) is 9.01. The Morgan fingerprint density at radius 3 is 2.08 bits per heavy atom. The average Bonchev–Trinajstić information content (AvgIpc) is 2.04. The number of rotatable bonds is 2. The van der Waals surface area contributed by atoms with Gasteiger partial charge in [0.25, 0.3) is 0 Å². The van der Waals surface area contributed by atoms with Crippen molar-refractivity contribution in [1.82, 2.24) is 4.90 Å². The van der Waals surface area contributed by atoms with Crippen LogP contribution in [-0.2, 0) is 0 Å². The summed E-state index contributed by atoms with van der Waals surface area (Å²) in [6.45, 7) is 4.74. The summed E-state index contributed by atoms with van der Waals surface area (Å²) in [5.41, 5.74) is 0. The molecule has 2 atom stereocenters. The second-order valence-electron chi connectivity index (χ2n) is 4.72. The van der Waals surface area contributed by atoms with Gasteiger partial charge >= 0.3 is 0 Å². The fourth-order valence-corrected chi connectivity index (χ4v) is 2.56. The summed E-state index contributed by atoms with van der Waals surface area (Å²) in [4.78, 5) is 2.42.